The average molecular weight is 157 g/mol. The molecule has 0 unspecified atom stereocenters. The van der Waals surface area contributed by atoms with Crippen LogP contribution >= 0.6 is 0 Å². The van der Waals surface area contributed by atoms with E-state index in [4.69, 9.17) is 4.74 Å². The van der Waals surface area contributed by atoms with E-state index in [0.717, 1.165) is 25.3 Å². The highest BCUT2D eigenvalue weighted by Gasteiger charge is 1.97. The number of likely N-dealkylation sites (N-methyl/N-ethyl adjacent to an activating group) is 1. The van der Waals surface area contributed by atoms with Crippen LogP contribution in [0.15, 0.2) is 11.8 Å². The Balaban J connectivity index is 3.79. The van der Waals surface area contributed by atoms with Gasteiger partial charge in [-0.3, -0.25) is 0 Å². The molecule has 0 amide bonds. The number of nitrogens with zero attached hydrogens (tertiary/aromatic N) is 1. The van der Waals surface area contributed by atoms with E-state index in [0.29, 0.717) is 0 Å². The lowest BCUT2D eigenvalue weighted by molar-refractivity contribution is 0.200. The normalized spacial score (nSPS) is 12.3. The monoisotopic (exact) mass is 157 g/mol. The standard InChI is InChI=1S/C9H19NO/c1-5-7-9(11-6-2)8-10(3)4/h7H,5-6,8H2,1-4H3/b9-7+. The van der Waals surface area contributed by atoms with Gasteiger partial charge in [0.25, 0.3) is 0 Å². The second-order valence-electron chi connectivity index (χ2n) is 2.75. The molecule has 0 aliphatic carbocycles. The van der Waals surface area contributed by atoms with Gasteiger partial charge in [-0.25, -0.2) is 0 Å². The molecule has 0 saturated carbocycles. The second kappa shape index (κ2) is 6.23. The molecule has 0 atom stereocenters. The van der Waals surface area contributed by atoms with E-state index in [2.05, 4.69) is 17.9 Å². The summed E-state index contributed by atoms with van der Waals surface area (Å²) in [7, 11) is 4.09. The first-order chi connectivity index (χ1) is 5.20. The zero-order valence-corrected chi connectivity index (χ0v) is 8.05. The summed E-state index contributed by atoms with van der Waals surface area (Å²) in [6.07, 6.45) is 3.17. The fourth-order valence-electron chi connectivity index (χ4n) is 0.894. The molecule has 0 aliphatic heterocycles. The van der Waals surface area contributed by atoms with Crippen molar-refractivity contribution in [2.45, 2.75) is 20.3 Å². The Bertz CT molecular complexity index is 119. The smallest absolute Gasteiger partial charge is 0.106 e. The Morgan fingerprint density at radius 1 is 1.36 bits per heavy atom. The van der Waals surface area contributed by atoms with E-state index in [1.807, 2.05) is 21.0 Å². The predicted molar refractivity (Wildman–Crippen MR) is 48.6 cm³/mol. The predicted octanol–water partition coefficient (Wildman–Crippen LogP) is 1.88. The van der Waals surface area contributed by atoms with Crippen LogP contribution in [0.25, 0.3) is 0 Å². The molecule has 0 radical (unpaired) electrons. The van der Waals surface area contributed by atoms with Crippen molar-refractivity contribution in [1.82, 2.24) is 4.90 Å². The fourth-order valence-corrected chi connectivity index (χ4v) is 0.894. The van der Waals surface area contributed by atoms with Gasteiger partial charge in [0.2, 0.25) is 0 Å². The van der Waals surface area contributed by atoms with Crippen molar-refractivity contribution in [3.63, 3.8) is 0 Å². The van der Waals surface area contributed by atoms with Gasteiger partial charge >= 0.3 is 0 Å². The van der Waals surface area contributed by atoms with Crippen LogP contribution in [0.4, 0.5) is 0 Å². The van der Waals surface area contributed by atoms with Gasteiger partial charge in [0.15, 0.2) is 0 Å². The van der Waals surface area contributed by atoms with Crippen LogP contribution in [-0.4, -0.2) is 32.1 Å². The number of hydrogen-bond donors (Lipinski definition) is 0. The Morgan fingerprint density at radius 2 is 2.00 bits per heavy atom. The fraction of sp³-hybridized carbons (Fsp3) is 0.778. The highest BCUT2D eigenvalue weighted by atomic mass is 16.5. The molecule has 0 aromatic carbocycles. The molecule has 0 aliphatic rings. The lowest BCUT2D eigenvalue weighted by Crippen LogP contribution is -2.16. The van der Waals surface area contributed by atoms with Crippen molar-refractivity contribution in [1.29, 1.82) is 0 Å². The van der Waals surface area contributed by atoms with Gasteiger partial charge in [0.1, 0.15) is 5.76 Å². The summed E-state index contributed by atoms with van der Waals surface area (Å²) >= 11 is 0. The summed E-state index contributed by atoms with van der Waals surface area (Å²) in [6.45, 7) is 5.80. The number of hydrogen-bond acceptors (Lipinski definition) is 2. The molecule has 0 fully saturated rings. The van der Waals surface area contributed by atoms with E-state index in [-0.39, 0.29) is 0 Å². The summed E-state index contributed by atoms with van der Waals surface area (Å²) in [5.41, 5.74) is 0. The summed E-state index contributed by atoms with van der Waals surface area (Å²) in [4.78, 5) is 2.11. The Morgan fingerprint density at radius 3 is 2.36 bits per heavy atom. The van der Waals surface area contributed by atoms with Crippen molar-refractivity contribution in [3.05, 3.63) is 11.8 Å². The summed E-state index contributed by atoms with van der Waals surface area (Å²) in [5, 5.41) is 0. The first-order valence-corrected chi connectivity index (χ1v) is 4.17. The minimum absolute atomic E-state index is 0.764. The van der Waals surface area contributed by atoms with E-state index < -0.39 is 0 Å². The summed E-state index contributed by atoms with van der Waals surface area (Å²) < 4.78 is 5.41. The third-order valence-corrected chi connectivity index (χ3v) is 1.23. The van der Waals surface area contributed by atoms with Crippen molar-refractivity contribution in [2.75, 3.05) is 27.2 Å². The van der Waals surface area contributed by atoms with Crippen LogP contribution in [0.5, 0.6) is 0 Å². The molecule has 2 heteroatoms. The van der Waals surface area contributed by atoms with Gasteiger partial charge in [0.05, 0.1) is 13.2 Å². The van der Waals surface area contributed by atoms with E-state index in [9.17, 15) is 0 Å². The average Bonchev–Trinajstić information content (AvgIpc) is 1.87. The Kier molecular flexibility index (Phi) is 5.94. The van der Waals surface area contributed by atoms with Gasteiger partial charge in [-0.1, -0.05) is 6.92 Å². The topological polar surface area (TPSA) is 12.5 Å². The van der Waals surface area contributed by atoms with Gasteiger partial charge in [0, 0.05) is 0 Å². The van der Waals surface area contributed by atoms with Crippen LogP contribution in [0, 0.1) is 0 Å². The van der Waals surface area contributed by atoms with Gasteiger partial charge < -0.3 is 9.64 Å². The van der Waals surface area contributed by atoms with Gasteiger partial charge in [-0.2, -0.15) is 0 Å². The van der Waals surface area contributed by atoms with Crippen LogP contribution in [0.1, 0.15) is 20.3 Å². The molecule has 2 nitrogen and oxygen atoms in total. The SMILES string of the molecule is CC/C=C(\CN(C)C)OCC. The molecule has 66 valence electrons. The largest absolute Gasteiger partial charge is 0.497 e. The van der Waals surface area contributed by atoms with E-state index in [1.165, 1.54) is 0 Å². The highest BCUT2D eigenvalue weighted by molar-refractivity contribution is 4.94. The minimum Gasteiger partial charge on any atom is -0.497 e. The quantitative estimate of drug-likeness (QED) is 0.565. The van der Waals surface area contributed by atoms with Gasteiger partial charge in [-0.15, -0.1) is 0 Å². The highest BCUT2D eigenvalue weighted by Crippen LogP contribution is 2.00. The molecular formula is C9H19NO. The molecular weight excluding hydrogens is 138 g/mol. The number of allylic oxidation sites excluding steroid dienone is 1. The maximum absolute atomic E-state index is 5.41. The lowest BCUT2D eigenvalue weighted by atomic mass is 10.3. The molecule has 0 bridgehead atoms. The Hall–Kier alpha value is -0.500. The molecule has 0 rings (SSSR count). The first-order valence-electron chi connectivity index (χ1n) is 4.17. The van der Waals surface area contributed by atoms with Crippen molar-refractivity contribution in [2.24, 2.45) is 0 Å². The molecule has 0 N–H and O–H groups in total. The number of rotatable bonds is 5. The molecule has 0 aromatic heterocycles. The number of ether oxygens (including phenoxy) is 1. The van der Waals surface area contributed by atoms with Crippen LogP contribution in [0.3, 0.4) is 0 Å². The molecule has 0 aromatic rings. The van der Waals surface area contributed by atoms with Crippen molar-refractivity contribution >= 4 is 0 Å². The van der Waals surface area contributed by atoms with E-state index >= 15 is 0 Å². The maximum atomic E-state index is 5.41. The zero-order chi connectivity index (χ0) is 8.69. The lowest BCUT2D eigenvalue weighted by Gasteiger charge is -2.13. The molecule has 11 heavy (non-hydrogen) atoms. The minimum atomic E-state index is 0.764. The van der Waals surface area contributed by atoms with Crippen molar-refractivity contribution in [3.8, 4) is 0 Å². The van der Waals surface area contributed by atoms with Crippen LogP contribution < -0.4 is 0 Å². The third kappa shape index (κ3) is 5.92. The maximum Gasteiger partial charge on any atom is 0.106 e. The van der Waals surface area contributed by atoms with Gasteiger partial charge in [-0.05, 0) is 33.5 Å². The van der Waals surface area contributed by atoms with Crippen molar-refractivity contribution < 1.29 is 4.74 Å². The second-order valence-corrected chi connectivity index (χ2v) is 2.75. The molecule has 0 spiro atoms. The third-order valence-electron chi connectivity index (χ3n) is 1.23. The Labute approximate surface area is 69.8 Å². The molecule has 0 heterocycles. The van der Waals surface area contributed by atoms with Crippen LogP contribution in [0.2, 0.25) is 0 Å². The summed E-state index contributed by atoms with van der Waals surface area (Å²) in [6, 6.07) is 0. The van der Waals surface area contributed by atoms with E-state index in [1.54, 1.807) is 0 Å². The van der Waals surface area contributed by atoms with Crippen LogP contribution in [-0.2, 0) is 4.74 Å². The molecule has 0 saturated heterocycles. The zero-order valence-electron chi connectivity index (χ0n) is 8.05. The first kappa shape index (κ1) is 10.5. The summed E-state index contributed by atoms with van der Waals surface area (Å²) in [5.74, 6) is 1.08.